The summed E-state index contributed by atoms with van der Waals surface area (Å²) in [5.74, 6) is 0.238. The number of esters is 1. The minimum atomic E-state index is -0.200. The zero-order chi connectivity index (χ0) is 17.4. The molecule has 0 N–H and O–H groups in total. The highest BCUT2D eigenvalue weighted by Crippen LogP contribution is 2.52. The van der Waals surface area contributed by atoms with Gasteiger partial charge in [-0.15, -0.1) is 0 Å². The first-order valence-electron chi connectivity index (χ1n) is 9.50. The van der Waals surface area contributed by atoms with Crippen LogP contribution in [0.15, 0.2) is 47.6 Å². The molecule has 1 aliphatic heterocycles. The minimum absolute atomic E-state index is 0.0866. The van der Waals surface area contributed by atoms with E-state index in [0.717, 1.165) is 16.7 Å². The standard InChI is InChI=1S/C22H27NO2/c1-16-19-11-8-12-22(19,23-13-6-7-14-23)15-18(20(16)21(24)25-2)17-9-4-3-5-10-17/h3-5,9-10,15,19H,6-8,11-14H2,1-2H3. The average molecular weight is 337 g/mol. The monoisotopic (exact) mass is 337 g/mol. The van der Waals surface area contributed by atoms with Gasteiger partial charge >= 0.3 is 5.97 Å². The molecule has 3 aliphatic rings. The fourth-order valence-electron chi connectivity index (χ4n) is 5.31. The first kappa shape index (κ1) is 16.6. The van der Waals surface area contributed by atoms with Crippen molar-refractivity contribution in [3.05, 3.63) is 53.1 Å². The van der Waals surface area contributed by atoms with Gasteiger partial charge in [-0.25, -0.2) is 4.79 Å². The van der Waals surface area contributed by atoms with Gasteiger partial charge < -0.3 is 4.74 Å². The van der Waals surface area contributed by atoms with Crippen LogP contribution in [0.4, 0.5) is 0 Å². The van der Waals surface area contributed by atoms with Crippen LogP contribution in [0.25, 0.3) is 5.57 Å². The highest BCUT2D eigenvalue weighted by Gasteiger charge is 2.50. The van der Waals surface area contributed by atoms with Crippen molar-refractivity contribution in [2.24, 2.45) is 5.92 Å². The third-order valence-electron chi connectivity index (χ3n) is 6.42. The Labute approximate surface area is 150 Å². The van der Waals surface area contributed by atoms with Crippen LogP contribution < -0.4 is 0 Å². The number of benzene rings is 1. The summed E-state index contributed by atoms with van der Waals surface area (Å²) in [7, 11) is 1.49. The van der Waals surface area contributed by atoms with Crippen LogP contribution in [-0.2, 0) is 9.53 Å². The van der Waals surface area contributed by atoms with E-state index in [4.69, 9.17) is 4.74 Å². The summed E-state index contributed by atoms with van der Waals surface area (Å²) in [6.45, 7) is 4.51. The third-order valence-corrected chi connectivity index (χ3v) is 6.42. The molecule has 1 saturated heterocycles. The average Bonchev–Trinajstić information content (AvgIpc) is 3.32. The van der Waals surface area contributed by atoms with Gasteiger partial charge in [-0.05, 0) is 56.8 Å². The van der Waals surface area contributed by atoms with E-state index < -0.39 is 0 Å². The summed E-state index contributed by atoms with van der Waals surface area (Å²) in [5.41, 5.74) is 4.28. The fourth-order valence-corrected chi connectivity index (χ4v) is 5.31. The van der Waals surface area contributed by atoms with Crippen LogP contribution in [0.3, 0.4) is 0 Å². The Kier molecular flexibility index (Phi) is 4.28. The van der Waals surface area contributed by atoms with E-state index in [1.54, 1.807) is 0 Å². The predicted molar refractivity (Wildman–Crippen MR) is 100 cm³/mol. The van der Waals surface area contributed by atoms with E-state index in [0.29, 0.717) is 5.92 Å². The van der Waals surface area contributed by atoms with Crippen molar-refractivity contribution in [2.75, 3.05) is 20.2 Å². The highest BCUT2D eigenvalue weighted by molar-refractivity contribution is 6.08. The lowest BCUT2D eigenvalue weighted by atomic mass is 9.71. The van der Waals surface area contributed by atoms with Crippen molar-refractivity contribution in [2.45, 2.75) is 44.6 Å². The SMILES string of the molecule is COC(=O)C1=C(C)C2CCCC2(N2CCCC2)C=C1c1ccccc1. The molecule has 132 valence electrons. The summed E-state index contributed by atoms with van der Waals surface area (Å²) in [4.78, 5) is 15.3. The molecule has 2 unspecified atom stereocenters. The van der Waals surface area contributed by atoms with Crippen LogP contribution in [-0.4, -0.2) is 36.6 Å². The van der Waals surface area contributed by atoms with E-state index in [9.17, 15) is 4.79 Å². The molecule has 2 aliphatic carbocycles. The summed E-state index contributed by atoms with van der Waals surface area (Å²) < 4.78 is 5.17. The predicted octanol–water partition coefficient (Wildman–Crippen LogP) is 4.21. The van der Waals surface area contributed by atoms with E-state index in [1.807, 2.05) is 18.2 Å². The molecule has 3 heteroatoms. The van der Waals surface area contributed by atoms with Gasteiger partial charge in [-0.1, -0.05) is 48.4 Å². The quantitative estimate of drug-likeness (QED) is 0.774. The van der Waals surface area contributed by atoms with Gasteiger partial charge in [0.1, 0.15) is 0 Å². The van der Waals surface area contributed by atoms with Gasteiger partial charge in [0.25, 0.3) is 0 Å². The second-order valence-electron chi connectivity index (χ2n) is 7.60. The molecular weight excluding hydrogens is 310 g/mol. The largest absolute Gasteiger partial charge is 0.465 e. The van der Waals surface area contributed by atoms with Gasteiger partial charge in [0.15, 0.2) is 0 Å². The number of fused-ring (bicyclic) bond motifs is 1. The number of hydrogen-bond acceptors (Lipinski definition) is 3. The molecule has 3 nitrogen and oxygen atoms in total. The Morgan fingerprint density at radius 3 is 2.56 bits per heavy atom. The summed E-state index contributed by atoms with van der Waals surface area (Å²) in [6, 6.07) is 10.3. The number of carbonyl (C=O) groups excluding carboxylic acids is 1. The number of likely N-dealkylation sites (tertiary alicyclic amines) is 1. The number of carbonyl (C=O) groups is 1. The lowest BCUT2D eigenvalue weighted by molar-refractivity contribution is -0.135. The van der Waals surface area contributed by atoms with E-state index in [-0.39, 0.29) is 11.5 Å². The van der Waals surface area contributed by atoms with Crippen molar-refractivity contribution in [1.29, 1.82) is 0 Å². The molecule has 2 atom stereocenters. The second kappa shape index (κ2) is 6.45. The molecule has 1 heterocycles. The van der Waals surface area contributed by atoms with E-state index >= 15 is 0 Å². The van der Waals surface area contributed by atoms with Crippen molar-refractivity contribution < 1.29 is 9.53 Å². The van der Waals surface area contributed by atoms with Crippen LogP contribution >= 0.6 is 0 Å². The fraction of sp³-hybridized carbons (Fsp3) is 0.500. The topological polar surface area (TPSA) is 29.5 Å². The maximum atomic E-state index is 12.6. The summed E-state index contributed by atoms with van der Waals surface area (Å²) in [5, 5.41) is 0. The Balaban J connectivity index is 1.89. The molecular formula is C22H27NO2. The maximum absolute atomic E-state index is 12.6. The van der Waals surface area contributed by atoms with Crippen molar-refractivity contribution in [3.63, 3.8) is 0 Å². The lowest BCUT2D eigenvalue weighted by Crippen LogP contribution is -2.50. The van der Waals surface area contributed by atoms with Crippen LogP contribution in [0.5, 0.6) is 0 Å². The van der Waals surface area contributed by atoms with Gasteiger partial charge in [0.05, 0.1) is 12.7 Å². The Hall–Kier alpha value is -1.87. The molecule has 4 rings (SSSR count). The highest BCUT2D eigenvalue weighted by atomic mass is 16.5. The van der Waals surface area contributed by atoms with Crippen LogP contribution in [0.1, 0.15) is 44.6 Å². The minimum Gasteiger partial charge on any atom is -0.465 e. The molecule has 2 fully saturated rings. The number of nitrogens with zero attached hydrogens (tertiary/aromatic N) is 1. The first-order chi connectivity index (χ1) is 12.2. The molecule has 1 aromatic carbocycles. The Bertz CT molecular complexity index is 728. The third kappa shape index (κ3) is 2.56. The van der Waals surface area contributed by atoms with E-state index in [2.05, 4.69) is 30.0 Å². The Morgan fingerprint density at radius 1 is 1.16 bits per heavy atom. The molecule has 0 amide bonds. The number of rotatable bonds is 3. The number of ether oxygens (including phenoxy) is 1. The molecule has 0 bridgehead atoms. The van der Waals surface area contributed by atoms with Crippen LogP contribution in [0.2, 0.25) is 0 Å². The Morgan fingerprint density at radius 2 is 1.88 bits per heavy atom. The second-order valence-corrected chi connectivity index (χ2v) is 7.60. The van der Waals surface area contributed by atoms with Crippen LogP contribution in [0, 0.1) is 5.92 Å². The first-order valence-corrected chi connectivity index (χ1v) is 9.50. The van der Waals surface area contributed by atoms with E-state index in [1.165, 1.54) is 57.9 Å². The van der Waals surface area contributed by atoms with Gasteiger partial charge in [0.2, 0.25) is 0 Å². The number of methoxy groups -OCH3 is 1. The molecule has 1 aromatic rings. The summed E-state index contributed by atoms with van der Waals surface area (Å²) >= 11 is 0. The van der Waals surface area contributed by atoms with Crippen molar-refractivity contribution in [1.82, 2.24) is 4.90 Å². The normalized spacial score (nSPS) is 29.5. The van der Waals surface area contributed by atoms with Crippen molar-refractivity contribution >= 4 is 11.5 Å². The molecule has 0 radical (unpaired) electrons. The zero-order valence-electron chi connectivity index (χ0n) is 15.3. The molecule has 0 spiro atoms. The van der Waals surface area contributed by atoms with Crippen molar-refractivity contribution in [3.8, 4) is 0 Å². The summed E-state index contributed by atoms with van der Waals surface area (Å²) in [6.07, 6.45) is 8.59. The molecule has 0 aromatic heterocycles. The lowest BCUT2D eigenvalue weighted by Gasteiger charge is -2.45. The zero-order valence-corrected chi connectivity index (χ0v) is 15.3. The smallest absolute Gasteiger partial charge is 0.338 e. The molecule has 25 heavy (non-hydrogen) atoms. The maximum Gasteiger partial charge on any atom is 0.338 e. The molecule has 1 saturated carbocycles. The van der Waals surface area contributed by atoms with Gasteiger partial charge in [-0.2, -0.15) is 0 Å². The van der Waals surface area contributed by atoms with Gasteiger partial charge in [0, 0.05) is 11.5 Å². The number of hydrogen-bond donors (Lipinski definition) is 0. The van der Waals surface area contributed by atoms with Gasteiger partial charge in [-0.3, -0.25) is 4.90 Å².